The molecule has 1 fully saturated rings. The van der Waals surface area contributed by atoms with Crippen LogP contribution >= 0.6 is 0 Å². The van der Waals surface area contributed by atoms with E-state index in [0.717, 1.165) is 30.2 Å². The summed E-state index contributed by atoms with van der Waals surface area (Å²) < 4.78 is 11.0. The molecule has 10 nitrogen and oxygen atoms in total. The number of hydrogen-bond donors (Lipinski definition) is 4. The molecule has 1 amide bonds. The van der Waals surface area contributed by atoms with Crippen LogP contribution in [0.15, 0.2) is 47.1 Å². The number of piperidine rings is 1. The van der Waals surface area contributed by atoms with Gasteiger partial charge in [-0.05, 0) is 44.1 Å². The summed E-state index contributed by atoms with van der Waals surface area (Å²) in [5.74, 6) is -1.93. The van der Waals surface area contributed by atoms with E-state index in [9.17, 15) is 4.79 Å². The highest BCUT2D eigenvalue weighted by Crippen LogP contribution is 2.24. The van der Waals surface area contributed by atoms with Crippen LogP contribution in [0.3, 0.4) is 0 Å². The summed E-state index contributed by atoms with van der Waals surface area (Å²) in [6, 6.07) is 11.8. The third-order valence-electron chi connectivity index (χ3n) is 5.18. The first-order chi connectivity index (χ1) is 15.9. The third kappa shape index (κ3) is 8.95. The minimum atomic E-state index is -1.82. The minimum absolute atomic E-state index is 0.0299. The molecule has 0 aliphatic carbocycles. The van der Waals surface area contributed by atoms with Gasteiger partial charge >= 0.3 is 11.9 Å². The molecule has 2 aromatic rings. The number of para-hydroxylation sites is 1. The second-order valence-electron chi connectivity index (χ2n) is 7.46. The van der Waals surface area contributed by atoms with Crippen LogP contribution in [0, 0.1) is 0 Å². The lowest BCUT2D eigenvalue weighted by Crippen LogP contribution is -2.41. The zero-order valence-electron chi connectivity index (χ0n) is 18.7. The Bertz CT molecular complexity index is 868. The van der Waals surface area contributed by atoms with Crippen molar-refractivity contribution in [3.8, 4) is 5.75 Å². The summed E-state index contributed by atoms with van der Waals surface area (Å²) in [5.41, 5.74) is 0.968. The van der Waals surface area contributed by atoms with Gasteiger partial charge in [0.05, 0.1) is 26.0 Å². The molecule has 0 radical (unpaired) electrons. The Kier molecular flexibility index (Phi) is 10.9. The van der Waals surface area contributed by atoms with Crippen LogP contribution in [0.1, 0.15) is 36.6 Å². The van der Waals surface area contributed by atoms with Gasteiger partial charge in [-0.2, -0.15) is 0 Å². The van der Waals surface area contributed by atoms with E-state index in [0.29, 0.717) is 13.1 Å². The van der Waals surface area contributed by atoms with Gasteiger partial charge in [0.2, 0.25) is 5.91 Å². The van der Waals surface area contributed by atoms with Crippen molar-refractivity contribution >= 4 is 17.8 Å². The van der Waals surface area contributed by atoms with E-state index in [4.69, 9.17) is 29.0 Å². The van der Waals surface area contributed by atoms with Gasteiger partial charge in [0.15, 0.2) is 0 Å². The number of methoxy groups -OCH3 is 1. The van der Waals surface area contributed by atoms with E-state index < -0.39 is 11.9 Å². The van der Waals surface area contributed by atoms with Crippen molar-refractivity contribution in [2.24, 2.45) is 0 Å². The smallest absolute Gasteiger partial charge is 0.414 e. The SMILES string of the molecule is COc1ccccc1CNC(=O)CNCC(c1ccco1)N1CCCCC1.O=C(O)C(=O)O. The van der Waals surface area contributed by atoms with Gasteiger partial charge in [-0.15, -0.1) is 0 Å². The molecular weight excluding hydrogens is 430 g/mol. The van der Waals surface area contributed by atoms with Crippen molar-refractivity contribution < 1.29 is 33.8 Å². The summed E-state index contributed by atoms with van der Waals surface area (Å²) in [4.78, 5) is 32.9. The van der Waals surface area contributed by atoms with Crippen LogP contribution < -0.4 is 15.4 Å². The van der Waals surface area contributed by atoms with Crippen molar-refractivity contribution in [2.45, 2.75) is 31.8 Å². The van der Waals surface area contributed by atoms with E-state index >= 15 is 0 Å². The number of benzene rings is 1. The summed E-state index contributed by atoms with van der Waals surface area (Å²) in [6.45, 7) is 3.58. The molecule has 4 N–H and O–H groups in total. The highest BCUT2D eigenvalue weighted by atomic mass is 16.5. The van der Waals surface area contributed by atoms with E-state index in [1.807, 2.05) is 36.4 Å². The average Bonchev–Trinajstić information content (AvgIpc) is 3.36. The lowest BCUT2D eigenvalue weighted by atomic mass is 10.1. The Labute approximate surface area is 192 Å². The number of ether oxygens (including phenoxy) is 1. The molecule has 10 heteroatoms. The lowest BCUT2D eigenvalue weighted by Gasteiger charge is -2.33. The molecule has 1 aromatic heterocycles. The third-order valence-corrected chi connectivity index (χ3v) is 5.18. The van der Waals surface area contributed by atoms with Crippen molar-refractivity contribution in [3.63, 3.8) is 0 Å². The number of rotatable bonds is 9. The quantitative estimate of drug-likeness (QED) is 0.412. The van der Waals surface area contributed by atoms with Gasteiger partial charge in [0.25, 0.3) is 0 Å². The standard InChI is InChI=1S/C21H29N3O3.C2H2O4/c1-26-19-9-4-3-8-17(19)14-23-21(25)16-22-15-18(20-10-7-13-27-20)24-11-5-2-6-12-24;3-1(4)2(5)6/h3-4,7-10,13,18,22H,2,5-6,11-12,14-16H2,1H3,(H,23,25);(H,3,4)(H,5,6). The first kappa shape index (κ1) is 25.9. The van der Waals surface area contributed by atoms with Gasteiger partial charge in [-0.1, -0.05) is 24.6 Å². The number of hydrogen-bond acceptors (Lipinski definition) is 7. The van der Waals surface area contributed by atoms with Crippen LogP contribution in [0.2, 0.25) is 0 Å². The Hall–Kier alpha value is -3.37. The maximum atomic E-state index is 12.2. The summed E-state index contributed by atoms with van der Waals surface area (Å²) in [7, 11) is 1.64. The average molecular weight is 462 g/mol. The van der Waals surface area contributed by atoms with Gasteiger partial charge in [-0.25, -0.2) is 9.59 Å². The Morgan fingerprint density at radius 3 is 2.36 bits per heavy atom. The van der Waals surface area contributed by atoms with Gasteiger partial charge in [0.1, 0.15) is 11.5 Å². The van der Waals surface area contributed by atoms with Crippen LogP contribution in [0.5, 0.6) is 5.75 Å². The predicted octanol–water partition coefficient (Wildman–Crippen LogP) is 1.88. The van der Waals surface area contributed by atoms with Crippen LogP contribution in [-0.4, -0.2) is 66.2 Å². The van der Waals surface area contributed by atoms with Gasteiger partial charge < -0.3 is 30.0 Å². The number of aliphatic carboxylic acids is 2. The van der Waals surface area contributed by atoms with Crippen LogP contribution in [0.4, 0.5) is 0 Å². The number of carbonyl (C=O) groups excluding carboxylic acids is 1. The van der Waals surface area contributed by atoms with Crippen molar-refractivity contribution in [2.75, 3.05) is 33.3 Å². The fraction of sp³-hybridized carbons (Fsp3) is 0.435. The molecule has 1 saturated heterocycles. The normalized spacial score (nSPS) is 14.5. The Balaban J connectivity index is 0.000000569. The molecule has 1 aliphatic heterocycles. The number of nitrogens with zero attached hydrogens (tertiary/aromatic N) is 1. The molecule has 180 valence electrons. The van der Waals surface area contributed by atoms with Crippen molar-refractivity contribution in [1.82, 2.24) is 15.5 Å². The van der Waals surface area contributed by atoms with E-state index in [1.54, 1.807) is 13.4 Å². The molecule has 3 rings (SSSR count). The zero-order chi connectivity index (χ0) is 24.1. The van der Waals surface area contributed by atoms with Crippen LogP contribution in [0.25, 0.3) is 0 Å². The number of furan rings is 1. The summed E-state index contributed by atoms with van der Waals surface area (Å²) in [6.07, 6.45) is 5.44. The Morgan fingerprint density at radius 2 is 1.76 bits per heavy atom. The molecule has 0 bridgehead atoms. The summed E-state index contributed by atoms with van der Waals surface area (Å²) >= 11 is 0. The largest absolute Gasteiger partial charge is 0.496 e. The lowest BCUT2D eigenvalue weighted by molar-refractivity contribution is -0.159. The first-order valence-corrected chi connectivity index (χ1v) is 10.7. The number of carboxylic acids is 2. The topological polar surface area (TPSA) is 141 Å². The maximum absolute atomic E-state index is 12.2. The summed E-state index contributed by atoms with van der Waals surface area (Å²) in [5, 5.41) is 21.0. The highest BCUT2D eigenvalue weighted by molar-refractivity contribution is 6.27. The number of carboxylic acid groups (broad SMARTS) is 2. The second-order valence-corrected chi connectivity index (χ2v) is 7.46. The van der Waals surface area contributed by atoms with Crippen molar-refractivity contribution in [3.05, 3.63) is 54.0 Å². The number of nitrogens with one attached hydrogen (secondary N) is 2. The molecule has 1 atom stereocenters. The Morgan fingerprint density at radius 1 is 1.06 bits per heavy atom. The number of amides is 1. The molecule has 0 saturated carbocycles. The molecule has 1 aliphatic rings. The zero-order valence-corrected chi connectivity index (χ0v) is 18.7. The predicted molar refractivity (Wildman–Crippen MR) is 120 cm³/mol. The molecule has 1 aromatic carbocycles. The van der Waals surface area contributed by atoms with Crippen molar-refractivity contribution in [1.29, 1.82) is 0 Å². The molecule has 33 heavy (non-hydrogen) atoms. The fourth-order valence-corrected chi connectivity index (χ4v) is 3.55. The first-order valence-electron chi connectivity index (χ1n) is 10.7. The monoisotopic (exact) mass is 461 g/mol. The van der Waals surface area contributed by atoms with E-state index in [2.05, 4.69) is 15.5 Å². The second kappa shape index (κ2) is 13.9. The highest BCUT2D eigenvalue weighted by Gasteiger charge is 2.24. The fourth-order valence-electron chi connectivity index (χ4n) is 3.55. The maximum Gasteiger partial charge on any atom is 0.414 e. The minimum Gasteiger partial charge on any atom is -0.496 e. The number of carbonyl (C=O) groups is 3. The molecule has 1 unspecified atom stereocenters. The van der Waals surface area contributed by atoms with Gasteiger partial charge in [-0.3, -0.25) is 9.69 Å². The van der Waals surface area contributed by atoms with Gasteiger partial charge in [0, 0.05) is 18.7 Å². The van der Waals surface area contributed by atoms with E-state index in [1.165, 1.54) is 19.3 Å². The molecule has 2 heterocycles. The van der Waals surface area contributed by atoms with E-state index in [-0.39, 0.29) is 18.5 Å². The molecule has 0 spiro atoms. The number of likely N-dealkylation sites (tertiary alicyclic amines) is 1. The van der Waals surface area contributed by atoms with Crippen LogP contribution in [-0.2, 0) is 20.9 Å². The molecular formula is C23H31N3O7.